The van der Waals surface area contributed by atoms with Crippen LogP contribution in [0.3, 0.4) is 0 Å². The topological polar surface area (TPSA) is 30.2 Å². The summed E-state index contributed by atoms with van der Waals surface area (Å²) in [6.07, 6.45) is 1.94. The van der Waals surface area contributed by atoms with Crippen LogP contribution in [-0.4, -0.2) is 12.6 Å². The van der Waals surface area contributed by atoms with Gasteiger partial charge >= 0.3 is 5.97 Å². The molecule has 0 aliphatic rings. The van der Waals surface area contributed by atoms with Crippen molar-refractivity contribution in [2.24, 2.45) is 0 Å². The Balaban J connectivity index is 1.85. The number of hydrogen-bond acceptors (Lipinski definition) is 3. The third kappa shape index (κ3) is 3.27. The molecule has 4 heteroatoms. The molecule has 3 nitrogen and oxygen atoms in total. The summed E-state index contributed by atoms with van der Waals surface area (Å²) >= 11 is 1.76. The SMILES string of the molecule is CC(=O)OCCCC[n+]1csc2ccccc21. The van der Waals surface area contributed by atoms with Gasteiger partial charge in [0.1, 0.15) is 11.2 Å². The van der Waals surface area contributed by atoms with Crippen LogP contribution in [0.25, 0.3) is 10.2 Å². The van der Waals surface area contributed by atoms with Crippen molar-refractivity contribution in [3.8, 4) is 0 Å². The first kappa shape index (κ1) is 12.0. The summed E-state index contributed by atoms with van der Waals surface area (Å²) in [5, 5.41) is 0. The number of carbonyl (C=O) groups is 1. The monoisotopic (exact) mass is 250 g/mol. The quantitative estimate of drug-likeness (QED) is 0.464. The number of esters is 1. The fraction of sp³-hybridized carbons (Fsp3) is 0.385. The molecule has 0 spiro atoms. The van der Waals surface area contributed by atoms with Crippen LogP contribution >= 0.6 is 11.3 Å². The number of hydrogen-bond donors (Lipinski definition) is 0. The molecule has 0 saturated heterocycles. The summed E-state index contributed by atoms with van der Waals surface area (Å²) in [6.45, 7) is 2.95. The molecule has 90 valence electrons. The van der Waals surface area contributed by atoms with Gasteiger partial charge in [0, 0.05) is 19.4 Å². The Kier molecular flexibility index (Phi) is 4.09. The van der Waals surface area contributed by atoms with Crippen molar-refractivity contribution < 1.29 is 14.1 Å². The summed E-state index contributed by atoms with van der Waals surface area (Å²) in [5.41, 5.74) is 3.43. The number of ether oxygens (including phenoxy) is 1. The summed E-state index contributed by atoms with van der Waals surface area (Å²) in [6, 6.07) is 8.39. The molecule has 0 fully saturated rings. The molecule has 1 aromatic heterocycles. The maximum absolute atomic E-state index is 10.6. The van der Waals surface area contributed by atoms with Crippen LogP contribution in [-0.2, 0) is 16.1 Å². The van der Waals surface area contributed by atoms with Crippen LogP contribution in [0.5, 0.6) is 0 Å². The first-order valence-electron chi connectivity index (χ1n) is 5.76. The van der Waals surface area contributed by atoms with Crippen molar-refractivity contribution in [3.63, 3.8) is 0 Å². The minimum absolute atomic E-state index is 0.196. The van der Waals surface area contributed by atoms with E-state index in [0.29, 0.717) is 6.61 Å². The lowest BCUT2D eigenvalue weighted by Gasteiger charge is -1.99. The molecule has 0 atom stereocenters. The summed E-state index contributed by atoms with van der Waals surface area (Å²) in [7, 11) is 0. The van der Waals surface area contributed by atoms with Gasteiger partial charge in [-0.15, -0.1) is 0 Å². The number of aromatic nitrogens is 1. The first-order valence-corrected chi connectivity index (χ1v) is 6.64. The van der Waals surface area contributed by atoms with E-state index in [4.69, 9.17) is 4.74 Å². The van der Waals surface area contributed by atoms with Gasteiger partial charge in [0.05, 0.1) is 6.61 Å². The first-order chi connectivity index (χ1) is 8.27. The zero-order chi connectivity index (χ0) is 12.1. The highest BCUT2D eigenvalue weighted by molar-refractivity contribution is 7.16. The second-order valence-electron chi connectivity index (χ2n) is 3.93. The molecular weight excluding hydrogens is 234 g/mol. The highest BCUT2D eigenvalue weighted by atomic mass is 32.1. The lowest BCUT2D eigenvalue weighted by atomic mass is 10.3. The second-order valence-corrected chi connectivity index (χ2v) is 4.82. The smallest absolute Gasteiger partial charge is 0.302 e. The van der Waals surface area contributed by atoms with E-state index in [9.17, 15) is 4.79 Å². The number of para-hydroxylation sites is 1. The minimum Gasteiger partial charge on any atom is -0.466 e. The van der Waals surface area contributed by atoms with Gasteiger partial charge in [0.25, 0.3) is 0 Å². The van der Waals surface area contributed by atoms with Crippen molar-refractivity contribution in [2.75, 3.05) is 6.61 Å². The number of benzene rings is 1. The van der Waals surface area contributed by atoms with Crippen molar-refractivity contribution in [1.82, 2.24) is 0 Å². The van der Waals surface area contributed by atoms with Gasteiger partial charge in [-0.05, 0) is 12.5 Å². The van der Waals surface area contributed by atoms with E-state index in [2.05, 4.69) is 34.3 Å². The highest BCUT2D eigenvalue weighted by Crippen LogP contribution is 2.15. The standard InChI is InChI=1S/C13H16NO2S/c1-11(15)16-9-5-4-8-14-10-17-13-7-3-2-6-12(13)14/h2-3,6-7,10H,4-5,8-9H2,1H3/q+1. The lowest BCUT2D eigenvalue weighted by Crippen LogP contribution is -2.31. The normalized spacial score (nSPS) is 10.6. The molecule has 0 aliphatic heterocycles. The minimum atomic E-state index is -0.196. The van der Waals surface area contributed by atoms with Crippen molar-refractivity contribution in [2.45, 2.75) is 26.3 Å². The van der Waals surface area contributed by atoms with E-state index in [1.54, 1.807) is 11.3 Å². The molecule has 0 unspecified atom stereocenters. The van der Waals surface area contributed by atoms with E-state index in [0.717, 1.165) is 19.4 Å². The van der Waals surface area contributed by atoms with Gasteiger partial charge < -0.3 is 4.74 Å². The van der Waals surface area contributed by atoms with E-state index in [1.165, 1.54) is 17.1 Å². The molecule has 0 amide bonds. The Morgan fingerprint density at radius 3 is 3.00 bits per heavy atom. The number of nitrogens with zero attached hydrogens (tertiary/aromatic N) is 1. The molecule has 0 bridgehead atoms. The number of thiazole rings is 1. The maximum atomic E-state index is 10.6. The molecular formula is C13H16NO2S+. The van der Waals surface area contributed by atoms with Crippen molar-refractivity contribution in [1.29, 1.82) is 0 Å². The third-order valence-corrected chi connectivity index (χ3v) is 3.54. The van der Waals surface area contributed by atoms with Crippen molar-refractivity contribution >= 4 is 27.5 Å². The Morgan fingerprint density at radius 2 is 2.18 bits per heavy atom. The number of rotatable bonds is 5. The van der Waals surface area contributed by atoms with Crippen LogP contribution in [0.4, 0.5) is 0 Å². The molecule has 0 aliphatic carbocycles. The number of carbonyl (C=O) groups excluding carboxylic acids is 1. The van der Waals surface area contributed by atoms with E-state index in [-0.39, 0.29) is 5.97 Å². The molecule has 2 aromatic rings. The predicted octanol–water partition coefficient (Wildman–Crippen LogP) is 2.53. The summed E-state index contributed by atoms with van der Waals surface area (Å²) in [4.78, 5) is 10.6. The van der Waals surface area contributed by atoms with E-state index >= 15 is 0 Å². The highest BCUT2D eigenvalue weighted by Gasteiger charge is 2.09. The van der Waals surface area contributed by atoms with Gasteiger partial charge in [-0.1, -0.05) is 23.5 Å². The molecule has 0 N–H and O–H groups in total. The molecule has 0 radical (unpaired) electrons. The van der Waals surface area contributed by atoms with E-state index in [1.807, 2.05) is 0 Å². The molecule has 17 heavy (non-hydrogen) atoms. The molecule has 2 rings (SSSR count). The zero-order valence-corrected chi connectivity index (χ0v) is 10.7. The Hall–Kier alpha value is -1.42. The Bertz CT molecular complexity index is 507. The average molecular weight is 250 g/mol. The number of unbranched alkanes of at least 4 members (excludes halogenated alkanes) is 1. The molecule has 0 saturated carbocycles. The zero-order valence-electron chi connectivity index (χ0n) is 9.89. The average Bonchev–Trinajstić information content (AvgIpc) is 2.72. The summed E-state index contributed by atoms with van der Waals surface area (Å²) in [5.74, 6) is -0.196. The van der Waals surface area contributed by atoms with Crippen LogP contribution < -0.4 is 4.57 Å². The van der Waals surface area contributed by atoms with Crippen LogP contribution in [0.2, 0.25) is 0 Å². The second kappa shape index (κ2) is 5.77. The van der Waals surface area contributed by atoms with Crippen LogP contribution in [0, 0.1) is 0 Å². The van der Waals surface area contributed by atoms with E-state index < -0.39 is 0 Å². The molecule has 1 aromatic carbocycles. The summed E-state index contributed by atoms with van der Waals surface area (Å²) < 4.78 is 8.47. The van der Waals surface area contributed by atoms with Crippen LogP contribution in [0.15, 0.2) is 29.8 Å². The lowest BCUT2D eigenvalue weighted by molar-refractivity contribution is -0.667. The van der Waals surface area contributed by atoms with Gasteiger partial charge in [-0.2, -0.15) is 4.57 Å². The third-order valence-electron chi connectivity index (χ3n) is 2.58. The van der Waals surface area contributed by atoms with Crippen LogP contribution in [0.1, 0.15) is 19.8 Å². The number of aryl methyl sites for hydroxylation is 1. The van der Waals surface area contributed by atoms with Gasteiger partial charge in [0.2, 0.25) is 11.0 Å². The van der Waals surface area contributed by atoms with Gasteiger partial charge in [-0.3, -0.25) is 4.79 Å². The van der Waals surface area contributed by atoms with Gasteiger partial charge in [0.15, 0.2) is 0 Å². The Labute approximate surface area is 105 Å². The van der Waals surface area contributed by atoms with Crippen molar-refractivity contribution in [3.05, 3.63) is 29.8 Å². The maximum Gasteiger partial charge on any atom is 0.302 e. The predicted molar refractivity (Wildman–Crippen MR) is 67.9 cm³/mol. The fourth-order valence-electron chi connectivity index (χ4n) is 1.74. The Morgan fingerprint density at radius 1 is 1.35 bits per heavy atom. The number of fused-ring (bicyclic) bond motifs is 1. The molecule has 1 heterocycles. The largest absolute Gasteiger partial charge is 0.466 e. The van der Waals surface area contributed by atoms with Gasteiger partial charge in [-0.25, -0.2) is 0 Å². The fourth-order valence-corrected chi connectivity index (χ4v) is 2.67.